The number of hydrogen-bond acceptors (Lipinski definition) is 6. The van der Waals surface area contributed by atoms with Crippen molar-refractivity contribution in [2.75, 3.05) is 13.3 Å². The Hall–Kier alpha value is -3.62. The zero-order valence-electron chi connectivity index (χ0n) is 15.2. The van der Waals surface area contributed by atoms with E-state index in [9.17, 15) is 14.4 Å². The van der Waals surface area contributed by atoms with E-state index in [2.05, 4.69) is 15.3 Å². The molecule has 0 spiro atoms. The number of carbonyl (C=O) groups excluding carboxylic acids is 1. The highest BCUT2D eigenvalue weighted by Crippen LogP contribution is 2.32. The number of carbonyl (C=O) groups is 1. The Kier molecular flexibility index (Phi) is 4.56. The Morgan fingerprint density at radius 1 is 1.25 bits per heavy atom. The fraction of sp³-hybridized carbons (Fsp3) is 0.263. The zero-order chi connectivity index (χ0) is 19.7. The van der Waals surface area contributed by atoms with Gasteiger partial charge < -0.3 is 14.8 Å². The fourth-order valence-electron chi connectivity index (χ4n) is 3.10. The number of nitrogens with zero attached hydrogens (tertiary/aromatic N) is 2. The second-order valence-electron chi connectivity index (χ2n) is 6.29. The SMILES string of the molecule is CCn1c(=O)[nH]c(=O)c2cc(C(=O)NCCc3ccc4c(c3)OCO4)cnc21. The first-order chi connectivity index (χ1) is 13.6. The maximum absolute atomic E-state index is 12.4. The highest BCUT2D eigenvalue weighted by molar-refractivity contribution is 5.96. The number of pyridine rings is 1. The van der Waals surface area contributed by atoms with Gasteiger partial charge in [0.25, 0.3) is 11.5 Å². The predicted molar refractivity (Wildman–Crippen MR) is 101 cm³/mol. The molecule has 4 rings (SSSR count). The van der Waals surface area contributed by atoms with E-state index in [1.54, 1.807) is 6.92 Å². The highest BCUT2D eigenvalue weighted by atomic mass is 16.7. The number of fused-ring (bicyclic) bond motifs is 2. The molecule has 1 amide bonds. The Labute approximate surface area is 158 Å². The maximum Gasteiger partial charge on any atom is 0.329 e. The Balaban J connectivity index is 1.48. The molecule has 3 aromatic rings. The lowest BCUT2D eigenvalue weighted by molar-refractivity contribution is 0.0954. The zero-order valence-corrected chi connectivity index (χ0v) is 15.2. The van der Waals surface area contributed by atoms with Gasteiger partial charge in [-0.1, -0.05) is 6.07 Å². The predicted octanol–water partition coefficient (Wildman–Crippen LogP) is 0.806. The van der Waals surface area contributed by atoms with Crippen molar-refractivity contribution in [2.45, 2.75) is 19.9 Å². The van der Waals surface area contributed by atoms with Crippen LogP contribution in [0.25, 0.3) is 11.0 Å². The molecule has 0 radical (unpaired) electrons. The average Bonchev–Trinajstić information content (AvgIpc) is 3.16. The van der Waals surface area contributed by atoms with Gasteiger partial charge in [0.05, 0.1) is 10.9 Å². The molecule has 144 valence electrons. The number of amides is 1. The minimum atomic E-state index is -0.563. The van der Waals surface area contributed by atoms with E-state index in [4.69, 9.17) is 9.47 Å². The number of hydrogen-bond donors (Lipinski definition) is 2. The number of benzene rings is 1. The number of aromatic nitrogens is 3. The number of nitrogens with one attached hydrogen (secondary N) is 2. The van der Waals surface area contributed by atoms with Crippen LogP contribution in [0.5, 0.6) is 11.5 Å². The molecule has 0 saturated carbocycles. The van der Waals surface area contributed by atoms with Gasteiger partial charge in [-0.25, -0.2) is 9.78 Å². The summed E-state index contributed by atoms with van der Waals surface area (Å²) in [5.74, 6) is 1.07. The van der Waals surface area contributed by atoms with Gasteiger partial charge in [-0.2, -0.15) is 0 Å². The largest absolute Gasteiger partial charge is 0.454 e. The van der Waals surface area contributed by atoms with Crippen molar-refractivity contribution < 1.29 is 14.3 Å². The summed E-state index contributed by atoms with van der Waals surface area (Å²) in [7, 11) is 0. The summed E-state index contributed by atoms with van der Waals surface area (Å²) in [4.78, 5) is 42.7. The van der Waals surface area contributed by atoms with Crippen molar-refractivity contribution in [3.63, 3.8) is 0 Å². The summed E-state index contributed by atoms with van der Waals surface area (Å²) >= 11 is 0. The van der Waals surface area contributed by atoms with Gasteiger partial charge in [-0.3, -0.25) is 19.1 Å². The van der Waals surface area contributed by atoms with Gasteiger partial charge in [0.2, 0.25) is 6.79 Å². The monoisotopic (exact) mass is 382 g/mol. The van der Waals surface area contributed by atoms with Crippen LogP contribution in [0.15, 0.2) is 40.1 Å². The minimum Gasteiger partial charge on any atom is -0.454 e. The second-order valence-corrected chi connectivity index (χ2v) is 6.29. The van der Waals surface area contributed by atoms with Crippen LogP contribution >= 0.6 is 0 Å². The van der Waals surface area contributed by atoms with Crippen molar-refractivity contribution in [1.29, 1.82) is 0 Å². The van der Waals surface area contributed by atoms with Crippen molar-refractivity contribution in [1.82, 2.24) is 19.9 Å². The topological polar surface area (TPSA) is 115 Å². The molecule has 0 fully saturated rings. The molecule has 0 bridgehead atoms. The molecule has 2 N–H and O–H groups in total. The molecule has 9 heteroatoms. The van der Waals surface area contributed by atoms with Crippen LogP contribution in [0.4, 0.5) is 0 Å². The summed E-state index contributed by atoms with van der Waals surface area (Å²) in [6.45, 7) is 2.76. The standard InChI is InChI=1S/C19H18N4O5/c1-2-23-16-13(18(25)22-19(23)26)8-12(9-21-16)17(24)20-6-5-11-3-4-14-15(7-11)28-10-27-14/h3-4,7-9H,2,5-6,10H2,1H3,(H,20,24)(H,22,25,26). The normalized spacial score (nSPS) is 12.3. The van der Waals surface area contributed by atoms with E-state index in [0.717, 1.165) is 5.56 Å². The molecule has 0 atom stereocenters. The molecule has 0 saturated heterocycles. The molecule has 1 aliphatic heterocycles. The fourth-order valence-corrected chi connectivity index (χ4v) is 3.10. The van der Waals surface area contributed by atoms with Gasteiger partial charge in [0.1, 0.15) is 5.65 Å². The Morgan fingerprint density at radius 3 is 2.89 bits per heavy atom. The lowest BCUT2D eigenvalue weighted by Gasteiger charge is -2.08. The van der Waals surface area contributed by atoms with Gasteiger partial charge in [0, 0.05) is 19.3 Å². The van der Waals surface area contributed by atoms with E-state index in [-0.39, 0.29) is 29.3 Å². The third-order valence-electron chi connectivity index (χ3n) is 4.55. The van der Waals surface area contributed by atoms with Crippen LogP contribution in [-0.4, -0.2) is 33.8 Å². The third kappa shape index (κ3) is 3.22. The summed E-state index contributed by atoms with van der Waals surface area (Å²) < 4.78 is 12.0. The lowest BCUT2D eigenvalue weighted by atomic mass is 10.1. The Bertz CT molecular complexity index is 1180. The number of rotatable bonds is 5. The number of ether oxygens (including phenoxy) is 2. The molecule has 1 aromatic carbocycles. The van der Waals surface area contributed by atoms with Gasteiger partial charge in [-0.05, 0) is 37.1 Å². The number of aromatic amines is 1. The van der Waals surface area contributed by atoms with E-state index < -0.39 is 11.2 Å². The van der Waals surface area contributed by atoms with Crippen molar-refractivity contribution in [2.24, 2.45) is 0 Å². The molecule has 1 aliphatic rings. The summed E-state index contributed by atoms with van der Waals surface area (Å²) in [6.07, 6.45) is 1.97. The highest BCUT2D eigenvalue weighted by Gasteiger charge is 2.14. The minimum absolute atomic E-state index is 0.199. The van der Waals surface area contributed by atoms with Gasteiger partial charge in [0.15, 0.2) is 11.5 Å². The van der Waals surface area contributed by atoms with Crippen molar-refractivity contribution in [3.8, 4) is 11.5 Å². The molecular weight excluding hydrogens is 364 g/mol. The molecule has 28 heavy (non-hydrogen) atoms. The first-order valence-electron chi connectivity index (χ1n) is 8.86. The van der Waals surface area contributed by atoms with Crippen LogP contribution < -0.4 is 26.0 Å². The molecule has 9 nitrogen and oxygen atoms in total. The smallest absolute Gasteiger partial charge is 0.329 e. The van der Waals surface area contributed by atoms with Crippen molar-refractivity contribution >= 4 is 16.9 Å². The van der Waals surface area contributed by atoms with Crippen LogP contribution in [0, 0.1) is 0 Å². The van der Waals surface area contributed by atoms with E-state index >= 15 is 0 Å². The van der Waals surface area contributed by atoms with Crippen LogP contribution in [0.1, 0.15) is 22.8 Å². The van der Waals surface area contributed by atoms with Gasteiger partial charge >= 0.3 is 5.69 Å². The summed E-state index contributed by atoms with van der Waals surface area (Å²) in [5.41, 5.74) is 0.434. The first-order valence-corrected chi connectivity index (χ1v) is 8.86. The van der Waals surface area contributed by atoms with E-state index in [1.165, 1.54) is 16.8 Å². The van der Waals surface area contributed by atoms with Crippen LogP contribution in [-0.2, 0) is 13.0 Å². The Morgan fingerprint density at radius 2 is 2.07 bits per heavy atom. The quantitative estimate of drug-likeness (QED) is 0.675. The van der Waals surface area contributed by atoms with Crippen LogP contribution in [0.2, 0.25) is 0 Å². The lowest BCUT2D eigenvalue weighted by Crippen LogP contribution is -2.31. The van der Waals surface area contributed by atoms with E-state index in [1.807, 2.05) is 18.2 Å². The number of H-pyrrole nitrogens is 1. The molecular formula is C19H18N4O5. The first kappa shape index (κ1) is 17.8. The summed E-state index contributed by atoms with van der Waals surface area (Å²) in [6, 6.07) is 7.09. The molecule has 0 aliphatic carbocycles. The van der Waals surface area contributed by atoms with Crippen molar-refractivity contribution in [3.05, 3.63) is 62.4 Å². The maximum atomic E-state index is 12.4. The average molecular weight is 382 g/mol. The molecule has 0 unspecified atom stereocenters. The number of aryl methyl sites for hydroxylation is 1. The second kappa shape index (κ2) is 7.18. The van der Waals surface area contributed by atoms with Crippen LogP contribution in [0.3, 0.4) is 0 Å². The molecule has 2 aromatic heterocycles. The van der Waals surface area contributed by atoms with E-state index in [0.29, 0.717) is 31.0 Å². The summed E-state index contributed by atoms with van der Waals surface area (Å²) in [5, 5.41) is 3.01. The van der Waals surface area contributed by atoms with Gasteiger partial charge in [-0.15, -0.1) is 0 Å². The molecule has 3 heterocycles. The third-order valence-corrected chi connectivity index (χ3v) is 4.55.